The largest absolute Gasteiger partial charge is 0.435 e. The molecule has 1 saturated heterocycles. The second-order valence-electron chi connectivity index (χ2n) is 7.52. The molecule has 3 rings (SSSR count). The van der Waals surface area contributed by atoms with Gasteiger partial charge in [0.2, 0.25) is 18.3 Å². The van der Waals surface area contributed by atoms with Gasteiger partial charge >= 0.3 is 6.18 Å². The van der Waals surface area contributed by atoms with Crippen molar-refractivity contribution in [1.82, 2.24) is 20.5 Å². The van der Waals surface area contributed by atoms with Crippen LogP contribution in [0.25, 0.3) is 0 Å². The van der Waals surface area contributed by atoms with Crippen LogP contribution in [-0.4, -0.2) is 65.4 Å². The molecule has 13 heteroatoms. The molecule has 1 aromatic heterocycles. The zero-order chi connectivity index (χ0) is 22.4. The molecule has 2 amide bonds. The van der Waals surface area contributed by atoms with Crippen LogP contribution < -0.4 is 15.8 Å². The van der Waals surface area contributed by atoms with Crippen molar-refractivity contribution in [1.29, 1.82) is 0 Å². The first-order valence-electron chi connectivity index (χ1n) is 10.0. The van der Waals surface area contributed by atoms with Crippen LogP contribution in [0.1, 0.15) is 31.4 Å². The van der Waals surface area contributed by atoms with Crippen LogP contribution in [0, 0.1) is 11.8 Å². The zero-order valence-corrected chi connectivity index (χ0v) is 16.8. The van der Waals surface area contributed by atoms with Crippen LogP contribution in [0.2, 0.25) is 0 Å². The van der Waals surface area contributed by atoms with E-state index < -0.39 is 29.6 Å². The molecule has 10 nitrogen and oxygen atoms in total. The van der Waals surface area contributed by atoms with Gasteiger partial charge in [-0.2, -0.15) is 13.2 Å². The molecule has 1 atom stereocenters. The molecule has 0 aromatic carbocycles. The molecule has 3 N–H and O–H groups in total. The predicted octanol–water partition coefficient (Wildman–Crippen LogP) is 1.43. The number of carbonyl (C=O) groups excluding carboxylic acids is 2. The lowest BCUT2D eigenvalue weighted by molar-refractivity contribution is -0.156. The Kier molecular flexibility index (Phi) is 7.49. The molecule has 2 fully saturated rings. The number of hydrogen-bond donors (Lipinski definition) is 3. The Morgan fingerprint density at radius 2 is 2.03 bits per heavy atom. The molecular weight excluding hydrogens is 421 g/mol. The minimum atomic E-state index is -4.72. The molecule has 2 heterocycles. The maximum Gasteiger partial charge on any atom is 0.435 e. The van der Waals surface area contributed by atoms with Gasteiger partial charge < -0.3 is 9.64 Å². The number of nitrogens with zero attached hydrogens (tertiary/aromatic N) is 4. The molecule has 0 spiro atoms. The molecule has 1 aromatic rings. The number of carbonyl (C=O) groups is 2. The standard InChI is InChI=1S/C18H25F3N6O4/c19-18(20,21)15-14(26-5-7-31-8-6-26)9-22-17(23-15)25-24-16(29)13(10-27(30)11-28)12-3-1-2-4-12/h9,11-13,30H,1-8,10H2,(H,24,29)(H,22,23,25)/t13-/m0/s1. The zero-order valence-electron chi connectivity index (χ0n) is 16.8. The average molecular weight is 446 g/mol. The number of ether oxygens (including phenoxy) is 1. The maximum absolute atomic E-state index is 13.6. The van der Waals surface area contributed by atoms with Crippen LogP contribution in [-0.2, 0) is 20.5 Å². The highest BCUT2D eigenvalue weighted by Crippen LogP contribution is 2.36. The molecule has 1 aliphatic heterocycles. The molecule has 1 saturated carbocycles. The number of hydrazine groups is 1. The SMILES string of the molecule is O=CN(O)C[C@H](C(=O)NNc1ncc(N2CCOCC2)c(C(F)(F)F)n1)C1CCCC1. The van der Waals surface area contributed by atoms with Crippen molar-refractivity contribution in [3.63, 3.8) is 0 Å². The van der Waals surface area contributed by atoms with Gasteiger partial charge in [0, 0.05) is 13.1 Å². The topological polar surface area (TPSA) is 120 Å². The highest BCUT2D eigenvalue weighted by atomic mass is 19.4. The highest BCUT2D eigenvalue weighted by molar-refractivity contribution is 5.80. The number of halogens is 3. The van der Waals surface area contributed by atoms with E-state index in [0.29, 0.717) is 18.3 Å². The Hall–Kier alpha value is -2.67. The number of anilines is 2. The third kappa shape index (κ3) is 5.94. The summed E-state index contributed by atoms with van der Waals surface area (Å²) < 4.78 is 45.9. The monoisotopic (exact) mass is 446 g/mol. The predicted molar refractivity (Wildman–Crippen MR) is 102 cm³/mol. The molecule has 172 valence electrons. The van der Waals surface area contributed by atoms with Gasteiger partial charge in [0.15, 0.2) is 5.69 Å². The molecule has 2 aliphatic rings. The molecule has 0 unspecified atom stereocenters. The fraction of sp³-hybridized carbons (Fsp3) is 0.667. The summed E-state index contributed by atoms with van der Waals surface area (Å²) in [6, 6.07) is 0. The quantitative estimate of drug-likeness (QED) is 0.312. The van der Waals surface area contributed by atoms with Crippen molar-refractivity contribution in [3.8, 4) is 0 Å². The average Bonchev–Trinajstić information content (AvgIpc) is 3.30. The molecule has 0 radical (unpaired) electrons. The van der Waals surface area contributed by atoms with Crippen molar-refractivity contribution < 1.29 is 32.7 Å². The summed E-state index contributed by atoms with van der Waals surface area (Å²) >= 11 is 0. The number of alkyl halides is 3. The van der Waals surface area contributed by atoms with E-state index in [1.54, 1.807) is 0 Å². The number of rotatable bonds is 8. The van der Waals surface area contributed by atoms with Crippen molar-refractivity contribution in [2.24, 2.45) is 11.8 Å². The summed E-state index contributed by atoms with van der Waals surface area (Å²) in [5.41, 5.74) is 3.37. The number of aromatic nitrogens is 2. The summed E-state index contributed by atoms with van der Waals surface area (Å²) in [7, 11) is 0. The Balaban J connectivity index is 1.72. The van der Waals surface area contributed by atoms with Crippen LogP contribution >= 0.6 is 0 Å². The van der Waals surface area contributed by atoms with Crippen LogP contribution in [0.15, 0.2) is 6.20 Å². The lowest BCUT2D eigenvalue weighted by Crippen LogP contribution is -2.43. The summed E-state index contributed by atoms with van der Waals surface area (Å²) in [6.45, 7) is 0.963. The Morgan fingerprint density at radius 3 is 2.65 bits per heavy atom. The van der Waals surface area contributed by atoms with Gasteiger partial charge in [-0.05, 0) is 18.8 Å². The minimum Gasteiger partial charge on any atom is -0.378 e. The first kappa shape index (κ1) is 23.0. The van der Waals surface area contributed by atoms with Crippen LogP contribution in [0.4, 0.5) is 24.8 Å². The number of amides is 2. The van der Waals surface area contributed by atoms with Crippen molar-refractivity contribution in [2.45, 2.75) is 31.9 Å². The smallest absolute Gasteiger partial charge is 0.378 e. The highest BCUT2D eigenvalue weighted by Gasteiger charge is 2.38. The molecule has 0 bridgehead atoms. The summed E-state index contributed by atoms with van der Waals surface area (Å²) in [5, 5.41) is 9.89. The second-order valence-corrected chi connectivity index (χ2v) is 7.52. The van der Waals surface area contributed by atoms with E-state index in [1.165, 1.54) is 4.90 Å². The van der Waals surface area contributed by atoms with Gasteiger partial charge in [0.1, 0.15) is 0 Å². The van der Waals surface area contributed by atoms with Crippen molar-refractivity contribution >= 4 is 24.0 Å². The fourth-order valence-electron chi connectivity index (χ4n) is 3.94. The number of morpholine rings is 1. The second kappa shape index (κ2) is 10.1. The summed E-state index contributed by atoms with van der Waals surface area (Å²) in [5.74, 6) is -1.76. The van der Waals surface area contributed by atoms with E-state index in [1.807, 2.05) is 0 Å². The van der Waals surface area contributed by atoms with Crippen molar-refractivity contribution in [2.75, 3.05) is 43.2 Å². The first-order valence-corrected chi connectivity index (χ1v) is 10.0. The van der Waals surface area contributed by atoms with Crippen LogP contribution in [0.3, 0.4) is 0 Å². The number of hydrogen-bond acceptors (Lipinski definition) is 8. The Labute approximate surface area is 176 Å². The van der Waals surface area contributed by atoms with Gasteiger partial charge in [-0.15, -0.1) is 0 Å². The van der Waals surface area contributed by atoms with Gasteiger partial charge in [0.25, 0.3) is 0 Å². The maximum atomic E-state index is 13.6. The molecule has 31 heavy (non-hydrogen) atoms. The fourth-order valence-corrected chi connectivity index (χ4v) is 3.94. The normalized spacial score (nSPS) is 18.5. The number of nitrogens with one attached hydrogen (secondary N) is 2. The summed E-state index contributed by atoms with van der Waals surface area (Å²) in [4.78, 5) is 32.3. The van der Waals surface area contributed by atoms with Gasteiger partial charge in [-0.3, -0.25) is 25.6 Å². The van der Waals surface area contributed by atoms with Gasteiger partial charge in [-0.1, -0.05) is 12.8 Å². The van der Waals surface area contributed by atoms with Crippen LogP contribution in [0.5, 0.6) is 0 Å². The van der Waals surface area contributed by atoms with Gasteiger partial charge in [-0.25, -0.2) is 15.0 Å². The third-order valence-electron chi connectivity index (χ3n) is 5.50. The lowest BCUT2D eigenvalue weighted by atomic mass is 9.90. The minimum absolute atomic E-state index is 0.0493. The Morgan fingerprint density at radius 1 is 1.35 bits per heavy atom. The number of hydroxylamine groups is 2. The Bertz CT molecular complexity index is 769. The summed E-state index contributed by atoms with van der Waals surface area (Å²) in [6.07, 6.45) is -0.0885. The third-order valence-corrected chi connectivity index (χ3v) is 5.50. The molecule has 1 aliphatic carbocycles. The van der Waals surface area contributed by atoms with E-state index >= 15 is 0 Å². The van der Waals surface area contributed by atoms with E-state index in [2.05, 4.69) is 20.8 Å². The van der Waals surface area contributed by atoms with E-state index in [-0.39, 0.29) is 37.6 Å². The lowest BCUT2D eigenvalue weighted by Gasteiger charge is -2.30. The van der Waals surface area contributed by atoms with E-state index in [0.717, 1.165) is 31.9 Å². The van der Waals surface area contributed by atoms with E-state index in [4.69, 9.17) is 4.74 Å². The van der Waals surface area contributed by atoms with E-state index in [9.17, 15) is 28.0 Å². The first-order chi connectivity index (χ1) is 14.8. The van der Waals surface area contributed by atoms with Crippen molar-refractivity contribution in [3.05, 3.63) is 11.9 Å². The van der Waals surface area contributed by atoms with Gasteiger partial charge in [0.05, 0.1) is 37.6 Å². The molecular formula is C18H25F3N6O4.